The van der Waals surface area contributed by atoms with Crippen LogP contribution in [0, 0.1) is 5.82 Å². The Hall–Kier alpha value is -2.37. The van der Waals surface area contributed by atoms with Crippen LogP contribution in [0.25, 0.3) is 0 Å². The minimum Gasteiger partial charge on any atom is -0.485 e. The lowest BCUT2D eigenvalue weighted by atomic mass is 10.1. The topological polar surface area (TPSA) is 26.3 Å². The van der Waals surface area contributed by atoms with Crippen molar-refractivity contribution in [3.05, 3.63) is 65.5 Å². The largest absolute Gasteiger partial charge is 0.485 e. The number of carbonyl (C=O) groups is 1. The molecule has 0 unspecified atom stereocenters. The van der Waals surface area contributed by atoms with Gasteiger partial charge in [-0.2, -0.15) is 13.2 Å². The van der Waals surface area contributed by atoms with Gasteiger partial charge >= 0.3 is 6.18 Å². The molecule has 0 N–H and O–H groups in total. The highest BCUT2D eigenvalue weighted by Gasteiger charge is 2.32. The van der Waals surface area contributed by atoms with E-state index < -0.39 is 29.9 Å². The number of benzene rings is 2. The summed E-state index contributed by atoms with van der Waals surface area (Å²) < 4.78 is 56.0. The molecule has 0 aliphatic heterocycles. The number of Topliss-reactive ketones (excluding diaryl/α,β-unsaturated/α-hetero) is 1. The summed E-state index contributed by atoms with van der Waals surface area (Å²) in [6, 6.07) is 10.0. The molecule has 2 rings (SSSR count). The van der Waals surface area contributed by atoms with Gasteiger partial charge in [-0.15, -0.1) is 0 Å². The second-order valence-corrected chi connectivity index (χ2v) is 4.25. The normalized spacial score (nSPS) is 11.2. The number of ketones is 1. The van der Waals surface area contributed by atoms with Gasteiger partial charge < -0.3 is 4.74 Å². The molecule has 0 saturated carbocycles. The molecule has 2 nitrogen and oxygen atoms in total. The van der Waals surface area contributed by atoms with Gasteiger partial charge in [-0.05, 0) is 30.3 Å². The van der Waals surface area contributed by atoms with E-state index >= 15 is 0 Å². The molecule has 0 amide bonds. The van der Waals surface area contributed by atoms with Crippen molar-refractivity contribution in [3.8, 4) is 5.75 Å². The van der Waals surface area contributed by atoms with Gasteiger partial charge in [0.1, 0.15) is 11.6 Å². The standard InChI is InChI=1S/C15H10F4O2/c16-12-7-10(6-11(8-12)15(17,18)19)14(20)9-21-13-4-2-1-3-5-13/h1-8H,9H2. The maximum Gasteiger partial charge on any atom is 0.416 e. The third-order valence-electron chi connectivity index (χ3n) is 2.66. The summed E-state index contributed by atoms with van der Waals surface area (Å²) in [7, 11) is 0. The van der Waals surface area contributed by atoms with Crippen LogP contribution < -0.4 is 4.74 Å². The predicted molar refractivity (Wildman–Crippen MR) is 67.7 cm³/mol. The summed E-state index contributed by atoms with van der Waals surface area (Å²) in [6.45, 7) is -0.467. The van der Waals surface area contributed by atoms with Crippen molar-refractivity contribution < 1.29 is 27.1 Å². The zero-order chi connectivity index (χ0) is 15.5. The maximum absolute atomic E-state index is 13.2. The van der Waals surface area contributed by atoms with E-state index in [1.54, 1.807) is 30.3 Å². The van der Waals surface area contributed by atoms with E-state index in [0.29, 0.717) is 17.9 Å². The van der Waals surface area contributed by atoms with E-state index in [-0.39, 0.29) is 5.56 Å². The van der Waals surface area contributed by atoms with E-state index in [0.717, 1.165) is 6.07 Å². The van der Waals surface area contributed by atoms with Crippen molar-refractivity contribution in [2.75, 3.05) is 6.61 Å². The Labute approximate surface area is 118 Å². The molecule has 0 bridgehead atoms. The first-order valence-electron chi connectivity index (χ1n) is 5.95. The van der Waals surface area contributed by atoms with E-state index in [1.807, 2.05) is 0 Å². The lowest BCUT2D eigenvalue weighted by molar-refractivity contribution is -0.137. The zero-order valence-electron chi connectivity index (χ0n) is 10.7. The van der Waals surface area contributed by atoms with Gasteiger partial charge in [0.2, 0.25) is 0 Å². The van der Waals surface area contributed by atoms with Gasteiger partial charge in [0, 0.05) is 5.56 Å². The molecule has 0 saturated heterocycles. The first kappa shape index (κ1) is 15.0. The molecular weight excluding hydrogens is 288 g/mol. The molecule has 0 atom stereocenters. The van der Waals surface area contributed by atoms with Gasteiger partial charge in [-0.25, -0.2) is 4.39 Å². The molecule has 0 aliphatic rings. The Balaban J connectivity index is 2.14. The van der Waals surface area contributed by atoms with Gasteiger partial charge in [0.05, 0.1) is 5.56 Å². The van der Waals surface area contributed by atoms with Crippen molar-refractivity contribution in [2.45, 2.75) is 6.18 Å². The van der Waals surface area contributed by atoms with Crippen LogP contribution in [0.3, 0.4) is 0 Å². The number of alkyl halides is 3. The summed E-state index contributed by atoms with van der Waals surface area (Å²) >= 11 is 0. The van der Waals surface area contributed by atoms with Crippen LogP contribution in [0.1, 0.15) is 15.9 Å². The molecule has 0 heterocycles. The smallest absolute Gasteiger partial charge is 0.416 e. The van der Waals surface area contributed by atoms with Crippen molar-refractivity contribution >= 4 is 5.78 Å². The molecule has 0 aliphatic carbocycles. The zero-order valence-corrected chi connectivity index (χ0v) is 10.7. The molecule has 0 aromatic heterocycles. The summed E-state index contributed by atoms with van der Waals surface area (Å²) in [5.74, 6) is -1.45. The molecule has 2 aromatic carbocycles. The number of carbonyl (C=O) groups excluding carboxylic acids is 1. The van der Waals surface area contributed by atoms with Crippen LogP contribution in [0.15, 0.2) is 48.5 Å². The van der Waals surface area contributed by atoms with Gasteiger partial charge in [-0.3, -0.25) is 4.79 Å². The molecule has 0 fully saturated rings. The Kier molecular flexibility index (Phi) is 4.26. The Bertz CT molecular complexity index is 636. The second-order valence-electron chi connectivity index (χ2n) is 4.25. The number of hydrogen-bond donors (Lipinski definition) is 0. The van der Waals surface area contributed by atoms with Crippen LogP contribution in [-0.2, 0) is 6.18 Å². The third-order valence-corrected chi connectivity index (χ3v) is 2.66. The summed E-state index contributed by atoms with van der Waals surface area (Å²) in [5.41, 5.74) is -1.58. The van der Waals surface area contributed by atoms with Crippen molar-refractivity contribution in [1.82, 2.24) is 0 Å². The minimum absolute atomic E-state index is 0.342. The van der Waals surface area contributed by atoms with Crippen LogP contribution in [-0.4, -0.2) is 12.4 Å². The average molecular weight is 298 g/mol. The molecule has 6 heteroatoms. The van der Waals surface area contributed by atoms with E-state index in [2.05, 4.69) is 0 Å². The third kappa shape index (κ3) is 4.05. The Morgan fingerprint density at radius 1 is 1.05 bits per heavy atom. The number of hydrogen-bond acceptors (Lipinski definition) is 2. The molecule has 0 spiro atoms. The molecule has 0 radical (unpaired) electrons. The highest BCUT2D eigenvalue weighted by Crippen LogP contribution is 2.30. The predicted octanol–water partition coefficient (Wildman–Crippen LogP) is 4.11. The van der Waals surface area contributed by atoms with Crippen LogP contribution >= 0.6 is 0 Å². The van der Waals surface area contributed by atoms with Crippen molar-refractivity contribution in [2.24, 2.45) is 0 Å². The van der Waals surface area contributed by atoms with Crippen LogP contribution in [0.4, 0.5) is 17.6 Å². The molecule has 21 heavy (non-hydrogen) atoms. The number of para-hydroxylation sites is 1. The van der Waals surface area contributed by atoms with E-state index in [1.165, 1.54) is 0 Å². The second kappa shape index (κ2) is 5.95. The Morgan fingerprint density at radius 2 is 1.71 bits per heavy atom. The number of halogens is 4. The minimum atomic E-state index is -4.71. The lowest BCUT2D eigenvalue weighted by Gasteiger charge is -2.09. The average Bonchev–Trinajstić information content (AvgIpc) is 2.44. The van der Waals surface area contributed by atoms with E-state index in [4.69, 9.17) is 4.74 Å². The van der Waals surface area contributed by atoms with Gasteiger partial charge in [-0.1, -0.05) is 18.2 Å². The quantitative estimate of drug-likeness (QED) is 0.627. The molecule has 2 aromatic rings. The number of rotatable bonds is 4. The maximum atomic E-state index is 13.2. The fraction of sp³-hybridized carbons (Fsp3) is 0.133. The van der Waals surface area contributed by atoms with Crippen LogP contribution in [0.5, 0.6) is 5.75 Å². The van der Waals surface area contributed by atoms with E-state index in [9.17, 15) is 22.4 Å². The summed E-state index contributed by atoms with van der Waals surface area (Å²) in [6.07, 6.45) is -4.71. The van der Waals surface area contributed by atoms with Crippen molar-refractivity contribution in [1.29, 1.82) is 0 Å². The molecular formula is C15H10F4O2. The highest BCUT2D eigenvalue weighted by atomic mass is 19.4. The first-order chi connectivity index (χ1) is 9.86. The van der Waals surface area contributed by atoms with Crippen LogP contribution in [0.2, 0.25) is 0 Å². The Morgan fingerprint density at radius 3 is 2.33 bits per heavy atom. The summed E-state index contributed by atoms with van der Waals surface area (Å²) in [5, 5.41) is 0. The number of ether oxygens (including phenoxy) is 1. The first-order valence-corrected chi connectivity index (χ1v) is 5.95. The van der Waals surface area contributed by atoms with Crippen molar-refractivity contribution in [3.63, 3.8) is 0 Å². The SMILES string of the molecule is O=C(COc1ccccc1)c1cc(F)cc(C(F)(F)F)c1. The summed E-state index contributed by atoms with van der Waals surface area (Å²) in [4.78, 5) is 11.8. The highest BCUT2D eigenvalue weighted by molar-refractivity contribution is 5.97. The van der Waals surface area contributed by atoms with Gasteiger partial charge in [0.25, 0.3) is 0 Å². The monoisotopic (exact) mass is 298 g/mol. The fourth-order valence-corrected chi connectivity index (χ4v) is 1.66. The lowest BCUT2D eigenvalue weighted by Crippen LogP contribution is -2.14. The fourth-order valence-electron chi connectivity index (χ4n) is 1.66. The molecule has 110 valence electrons. The van der Waals surface area contributed by atoms with Gasteiger partial charge in [0.15, 0.2) is 12.4 Å².